The molecule has 0 unspecified atom stereocenters. The normalized spacial score (nSPS) is 11.1. The zero-order valence-electron chi connectivity index (χ0n) is 8.37. The van der Waals surface area contributed by atoms with Gasteiger partial charge in [-0.05, 0) is 45.8 Å². The lowest BCUT2D eigenvalue weighted by Gasteiger charge is -2.05. The molecular formula is C14H8Br2. The van der Waals surface area contributed by atoms with E-state index in [2.05, 4.69) is 80.4 Å². The summed E-state index contributed by atoms with van der Waals surface area (Å²) in [5.41, 5.74) is 0. The van der Waals surface area contributed by atoms with Gasteiger partial charge in [-0.15, -0.1) is 0 Å². The van der Waals surface area contributed by atoms with Crippen LogP contribution in [0, 0.1) is 0 Å². The van der Waals surface area contributed by atoms with Crippen LogP contribution in [-0.2, 0) is 0 Å². The molecule has 0 aromatic heterocycles. The lowest BCUT2D eigenvalue weighted by atomic mass is 10.0. The van der Waals surface area contributed by atoms with Crippen LogP contribution in [-0.4, -0.2) is 0 Å². The zero-order chi connectivity index (χ0) is 11.1. The quantitative estimate of drug-likeness (QED) is 0.474. The molecule has 78 valence electrons. The number of rotatable bonds is 0. The van der Waals surface area contributed by atoms with Crippen LogP contribution in [0.15, 0.2) is 57.5 Å². The highest BCUT2D eigenvalue weighted by Gasteiger charge is 2.02. The summed E-state index contributed by atoms with van der Waals surface area (Å²) in [6, 6.07) is 17.0. The predicted octanol–water partition coefficient (Wildman–Crippen LogP) is 5.52. The van der Waals surface area contributed by atoms with E-state index in [4.69, 9.17) is 0 Å². The Hall–Kier alpha value is -0.860. The number of benzene rings is 3. The molecule has 0 saturated carbocycles. The van der Waals surface area contributed by atoms with Gasteiger partial charge in [0.25, 0.3) is 0 Å². The maximum absolute atomic E-state index is 3.59. The van der Waals surface area contributed by atoms with Gasteiger partial charge >= 0.3 is 0 Å². The Morgan fingerprint density at radius 1 is 0.625 bits per heavy atom. The number of hydrogen-bond donors (Lipinski definition) is 0. The third-order valence-electron chi connectivity index (χ3n) is 2.77. The summed E-state index contributed by atoms with van der Waals surface area (Å²) in [5.74, 6) is 0. The molecule has 16 heavy (non-hydrogen) atoms. The summed E-state index contributed by atoms with van der Waals surface area (Å²) in [7, 11) is 0. The molecule has 3 aromatic rings. The van der Waals surface area contributed by atoms with E-state index in [0.717, 1.165) is 8.95 Å². The minimum atomic E-state index is 1.15. The molecule has 0 radical (unpaired) electrons. The maximum atomic E-state index is 3.59. The van der Waals surface area contributed by atoms with Crippen LogP contribution in [0.2, 0.25) is 0 Å². The Labute approximate surface area is 111 Å². The summed E-state index contributed by atoms with van der Waals surface area (Å²) >= 11 is 7.18. The van der Waals surface area contributed by atoms with Crippen LogP contribution in [0.1, 0.15) is 0 Å². The monoisotopic (exact) mass is 334 g/mol. The van der Waals surface area contributed by atoms with Gasteiger partial charge in [0, 0.05) is 8.95 Å². The highest BCUT2D eigenvalue weighted by atomic mass is 79.9. The largest absolute Gasteiger partial charge is 0.0605 e. The fourth-order valence-corrected chi connectivity index (χ4v) is 2.97. The Balaban J connectivity index is 2.54. The maximum Gasteiger partial charge on any atom is 0.0253 e. The van der Waals surface area contributed by atoms with Gasteiger partial charge in [-0.1, -0.05) is 56.1 Å². The number of halogens is 2. The average Bonchev–Trinajstić information content (AvgIpc) is 2.29. The van der Waals surface area contributed by atoms with Crippen molar-refractivity contribution in [3.8, 4) is 0 Å². The van der Waals surface area contributed by atoms with Crippen LogP contribution in [0.5, 0.6) is 0 Å². The number of fused-ring (bicyclic) bond motifs is 2. The van der Waals surface area contributed by atoms with Gasteiger partial charge in [0.15, 0.2) is 0 Å². The van der Waals surface area contributed by atoms with E-state index >= 15 is 0 Å². The summed E-state index contributed by atoms with van der Waals surface area (Å²) in [4.78, 5) is 0. The standard InChI is InChI=1S/C14H8Br2/c15-13-5-1-3-9-7-12-10(8-11(9)13)4-2-6-14(12)16/h1-8H. The minimum Gasteiger partial charge on any atom is -0.0605 e. The Bertz CT molecular complexity index is 625. The Morgan fingerprint density at radius 3 is 1.50 bits per heavy atom. The van der Waals surface area contributed by atoms with Crippen molar-refractivity contribution in [1.29, 1.82) is 0 Å². The van der Waals surface area contributed by atoms with Crippen molar-refractivity contribution in [3.63, 3.8) is 0 Å². The second-order valence-corrected chi connectivity index (χ2v) is 5.48. The van der Waals surface area contributed by atoms with Crippen LogP contribution < -0.4 is 0 Å². The van der Waals surface area contributed by atoms with Crippen LogP contribution in [0.4, 0.5) is 0 Å². The molecule has 0 spiro atoms. The second-order valence-electron chi connectivity index (χ2n) is 3.77. The van der Waals surface area contributed by atoms with Gasteiger partial charge in [0.05, 0.1) is 0 Å². The SMILES string of the molecule is Brc1cccc2cc3c(Br)cccc3cc12. The van der Waals surface area contributed by atoms with E-state index in [-0.39, 0.29) is 0 Å². The van der Waals surface area contributed by atoms with Crippen molar-refractivity contribution < 1.29 is 0 Å². The Kier molecular flexibility index (Phi) is 2.49. The van der Waals surface area contributed by atoms with E-state index in [0.29, 0.717) is 0 Å². The second kappa shape index (κ2) is 3.86. The third-order valence-corrected chi connectivity index (χ3v) is 4.16. The highest BCUT2D eigenvalue weighted by Crippen LogP contribution is 2.31. The van der Waals surface area contributed by atoms with Crippen molar-refractivity contribution in [1.82, 2.24) is 0 Å². The first-order valence-corrected chi connectivity index (χ1v) is 6.61. The molecule has 0 aliphatic rings. The molecule has 0 atom stereocenters. The fraction of sp³-hybridized carbons (Fsp3) is 0. The van der Waals surface area contributed by atoms with Crippen molar-refractivity contribution in [2.75, 3.05) is 0 Å². The zero-order valence-corrected chi connectivity index (χ0v) is 11.5. The molecule has 3 rings (SSSR count). The minimum absolute atomic E-state index is 1.15. The molecule has 0 heterocycles. The van der Waals surface area contributed by atoms with Crippen molar-refractivity contribution in [3.05, 3.63) is 57.5 Å². The van der Waals surface area contributed by atoms with Crippen LogP contribution in [0.25, 0.3) is 21.5 Å². The first kappa shape index (κ1) is 10.3. The summed E-state index contributed by atoms with van der Waals surface area (Å²) < 4.78 is 2.29. The number of hydrogen-bond acceptors (Lipinski definition) is 0. The van der Waals surface area contributed by atoms with Crippen molar-refractivity contribution in [2.24, 2.45) is 0 Å². The fourth-order valence-electron chi connectivity index (χ4n) is 1.97. The average molecular weight is 336 g/mol. The lowest BCUT2D eigenvalue weighted by molar-refractivity contribution is 1.71. The predicted molar refractivity (Wildman–Crippen MR) is 76.9 cm³/mol. The van der Waals surface area contributed by atoms with E-state index < -0.39 is 0 Å². The molecule has 0 N–H and O–H groups in total. The van der Waals surface area contributed by atoms with Crippen molar-refractivity contribution in [2.45, 2.75) is 0 Å². The summed E-state index contributed by atoms with van der Waals surface area (Å²) in [6.45, 7) is 0. The summed E-state index contributed by atoms with van der Waals surface area (Å²) in [5, 5.41) is 5.03. The van der Waals surface area contributed by atoms with E-state index in [1.807, 2.05) is 0 Å². The lowest BCUT2D eigenvalue weighted by Crippen LogP contribution is -1.78. The van der Waals surface area contributed by atoms with Gasteiger partial charge < -0.3 is 0 Å². The van der Waals surface area contributed by atoms with Gasteiger partial charge in [-0.25, -0.2) is 0 Å². The van der Waals surface area contributed by atoms with E-state index in [1.54, 1.807) is 0 Å². The first-order chi connectivity index (χ1) is 7.75. The highest BCUT2D eigenvalue weighted by molar-refractivity contribution is 9.11. The van der Waals surface area contributed by atoms with Gasteiger partial charge in [0.1, 0.15) is 0 Å². The smallest absolute Gasteiger partial charge is 0.0253 e. The molecule has 0 nitrogen and oxygen atoms in total. The van der Waals surface area contributed by atoms with Gasteiger partial charge in [-0.3, -0.25) is 0 Å². The molecule has 0 bridgehead atoms. The molecule has 0 aliphatic carbocycles. The molecule has 0 fully saturated rings. The Morgan fingerprint density at radius 2 is 1.06 bits per heavy atom. The molecule has 0 aliphatic heterocycles. The van der Waals surface area contributed by atoms with Crippen LogP contribution >= 0.6 is 31.9 Å². The molecule has 0 saturated heterocycles. The first-order valence-electron chi connectivity index (χ1n) is 5.02. The molecule has 0 amide bonds. The van der Waals surface area contributed by atoms with Crippen molar-refractivity contribution >= 4 is 53.4 Å². The topological polar surface area (TPSA) is 0 Å². The molecular weight excluding hydrogens is 328 g/mol. The van der Waals surface area contributed by atoms with Crippen LogP contribution in [0.3, 0.4) is 0 Å². The van der Waals surface area contributed by atoms with E-state index in [1.165, 1.54) is 21.5 Å². The summed E-state index contributed by atoms with van der Waals surface area (Å²) in [6.07, 6.45) is 0. The van der Waals surface area contributed by atoms with Gasteiger partial charge in [0.2, 0.25) is 0 Å². The third kappa shape index (κ3) is 1.57. The molecule has 2 heteroatoms. The molecule has 3 aromatic carbocycles. The van der Waals surface area contributed by atoms with E-state index in [9.17, 15) is 0 Å². The van der Waals surface area contributed by atoms with Gasteiger partial charge in [-0.2, -0.15) is 0 Å².